The molecular formula is C68H40N6O2. The molecule has 0 saturated carbocycles. The van der Waals surface area contributed by atoms with Crippen molar-refractivity contribution in [3.8, 4) is 45.5 Å². The molecular weight excluding hydrogens is 933 g/mol. The monoisotopic (exact) mass is 972 g/mol. The minimum absolute atomic E-state index is 0.828. The average molecular weight is 973 g/mol. The fourth-order valence-electron chi connectivity index (χ4n) is 12.2. The molecule has 0 fully saturated rings. The van der Waals surface area contributed by atoms with Gasteiger partial charge in [0.05, 0.1) is 44.1 Å². The molecule has 0 bridgehead atoms. The molecule has 0 spiro atoms. The van der Waals surface area contributed by atoms with Crippen molar-refractivity contribution in [2.75, 3.05) is 0 Å². The quantitative estimate of drug-likeness (QED) is 0.166. The van der Waals surface area contributed by atoms with Gasteiger partial charge in [-0.2, -0.15) is 0 Å². The largest absolute Gasteiger partial charge is 0.456 e. The molecule has 0 amide bonds. The Hall–Kier alpha value is -10.4. The highest BCUT2D eigenvalue weighted by atomic mass is 16.3. The number of rotatable bonds is 6. The van der Waals surface area contributed by atoms with Crippen molar-refractivity contribution in [1.29, 1.82) is 0 Å². The Morgan fingerprint density at radius 3 is 0.895 bits per heavy atom. The van der Waals surface area contributed by atoms with Crippen LogP contribution in [0.4, 0.5) is 0 Å². The van der Waals surface area contributed by atoms with E-state index in [1.165, 1.54) is 43.6 Å². The average Bonchev–Trinajstić information content (AvgIpc) is 4.44. The molecule has 17 aromatic rings. The fourth-order valence-corrected chi connectivity index (χ4v) is 12.2. The summed E-state index contributed by atoms with van der Waals surface area (Å²) >= 11 is 0. The van der Waals surface area contributed by atoms with Gasteiger partial charge in [0.2, 0.25) is 0 Å². The summed E-state index contributed by atoms with van der Waals surface area (Å²) in [6.45, 7) is 0. The van der Waals surface area contributed by atoms with Gasteiger partial charge in [-0.1, -0.05) is 115 Å². The molecule has 0 unspecified atom stereocenters. The molecule has 76 heavy (non-hydrogen) atoms. The summed E-state index contributed by atoms with van der Waals surface area (Å²) in [6.07, 6.45) is 0. The number of furan rings is 2. The highest BCUT2D eigenvalue weighted by Crippen LogP contribution is 2.41. The van der Waals surface area contributed by atoms with Gasteiger partial charge < -0.3 is 18.0 Å². The second-order valence-electron chi connectivity index (χ2n) is 19.8. The first-order valence-electron chi connectivity index (χ1n) is 25.6. The summed E-state index contributed by atoms with van der Waals surface area (Å²) in [4.78, 5) is 10.7. The zero-order chi connectivity index (χ0) is 49.6. The maximum atomic E-state index is 6.55. The second-order valence-corrected chi connectivity index (χ2v) is 19.8. The second kappa shape index (κ2) is 15.5. The fraction of sp³-hybridized carbons (Fsp3) is 0. The van der Waals surface area contributed by atoms with Crippen molar-refractivity contribution in [3.63, 3.8) is 0 Å². The normalized spacial score (nSPS) is 12.2. The third-order valence-electron chi connectivity index (χ3n) is 15.6. The molecule has 0 radical (unpaired) electrons. The third-order valence-corrected chi connectivity index (χ3v) is 15.6. The van der Waals surface area contributed by atoms with E-state index in [4.69, 9.17) is 18.8 Å². The van der Waals surface area contributed by atoms with Crippen molar-refractivity contribution in [2.45, 2.75) is 0 Å². The van der Waals surface area contributed by atoms with E-state index >= 15 is 0 Å². The lowest BCUT2D eigenvalue weighted by Gasteiger charge is -2.13. The highest BCUT2D eigenvalue weighted by molar-refractivity contribution is 6.13. The topological polar surface area (TPSA) is 71.8 Å². The molecule has 8 heteroatoms. The molecule has 0 aliphatic carbocycles. The lowest BCUT2D eigenvalue weighted by atomic mass is 10.1. The highest BCUT2D eigenvalue weighted by Gasteiger charge is 2.22. The summed E-state index contributed by atoms with van der Waals surface area (Å²) in [6, 6.07) is 85.9. The number of para-hydroxylation sites is 8. The molecule has 0 saturated heterocycles. The van der Waals surface area contributed by atoms with E-state index < -0.39 is 0 Å². The smallest absolute Gasteiger partial charge is 0.145 e. The predicted molar refractivity (Wildman–Crippen MR) is 310 cm³/mol. The summed E-state index contributed by atoms with van der Waals surface area (Å²) in [5.41, 5.74) is 17.9. The van der Waals surface area contributed by atoms with Crippen LogP contribution in [0.3, 0.4) is 0 Å². The van der Waals surface area contributed by atoms with Crippen molar-refractivity contribution in [2.24, 2.45) is 0 Å². The van der Waals surface area contributed by atoms with Crippen LogP contribution in [0.15, 0.2) is 251 Å². The lowest BCUT2D eigenvalue weighted by molar-refractivity contribution is 0.668. The number of hydrogen-bond donors (Lipinski definition) is 0. The SMILES string of the molecule is c1cc(-c2nc3ccccc3n2-c2ccc3oc4ccc(-n5c6ccccc6c6ccccc65)cc4c3c2)cc(-c2nc3ccccc3n2-c2ccc3oc4ccc(-n5c6ccccc6c6ccccc65)cc4c3c2)c1. The van der Waals surface area contributed by atoms with E-state index in [2.05, 4.69) is 261 Å². The molecule has 0 aliphatic heterocycles. The zero-order valence-electron chi connectivity index (χ0n) is 40.6. The number of aromatic nitrogens is 6. The maximum Gasteiger partial charge on any atom is 0.145 e. The molecule has 354 valence electrons. The zero-order valence-corrected chi connectivity index (χ0v) is 40.6. The van der Waals surface area contributed by atoms with Crippen LogP contribution in [0.2, 0.25) is 0 Å². The van der Waals surface area contributed by atoms with Crippen LogP contribution in [-0.2, 0) is 0 Å². The Morgan fingerprint density at radius 1 is 0.237 bits per heavy atom. The van der Waals surface area contributed by atoms with Gasteiger partial charge in [0.1, 0.15) is 34.0 Å². The molecule has 8 nitrogen and oxygen atoms in total. The van der Waals surface area contributed by atoms with Gasteiger partial charge >= 0.3 is 0 Å². The molecule has 6 aromatic heterocycles. The van der Waals surface area contributed by atoms with Gasteiger partial charge in [-0.3, -0.25) is 9.13 Å². The van der Waals surface area contributed by atoms with Crippen LogP contribution in [0.5, 0.6) is 0 Å². The molecule has 17 rings (SSSR count). The Balaban J connectivity index is 0.805. The van der Waals surface area contributed by atoms with Gasteiger partial charge in [-0.25, -0.2) is 9.97 Å². The predicted octanol–water partition coefficient (Wildman–Crippen LogP) is 17.7. The first-order valence-corrected chi connectivity index (χ1v) is 25.6. The Bertz CT molecular complexity index is 4840. The third kappa shape index (κ3) is 5.89. The number of fused-ring (bicyclic) bond motifs is 14. The van der Waals surface area contributed by atoms with Gasteiger partial charge in [0.15, 0.2) is 0 Å². The van der Waals surface area contributed by atoms with Crippen molar-refractivity contribution in [3.05, 3.63) is 243 Å². The lowest BCUT2D eigenvalue weighted by Crippen LogP contribution is -1.99. The number of nitrogens with zero attached hydrogens (tertiary/aromatic N) is 6. The minimum atomic E-state index is 0.828. The Morgan fingerprint density at radius 2 is 0.539 bits per heavy atom. The molecule has 11 aromatic carbocycles. The van der Waals surface area contributed by atoms with Crippen molar-refractivity contribution >= 4 is 110 Å². The minimum Gasteiger partial charge on any atom is -0.456 e. The van der Waals surface area contributed by atoms with E-state index in [1.54, 1.807) is 0 Å². The summed E-state index contributed by atoms with van der Waals surface area (Å²) in [5.74, 6) is 1.66. The van der Waals surface area contributed by atoms with Crippen LogP contribution in [-0.4, -0.2) is 28.2 Å². The first-order chi connectivity index (χ1) is 37.7. The van der Waals surface area contributed by atoms with Gasteiger partial charge in [0.25, 0.3) is 0 Å². The Labute approximate surface area is 432 Å². The first kappa shape index (κ1) is 41.1. The van der Waals surface area contributed by atoms with Crippen LogP contribution >= 0.6 is 0 Å². The standard InChI is InChI=1S/C68H40N6O2/c1-7-22-57-47(16-1)48-17-2-8-23-58(48)71(57)43-28-32-63-51(37-43)53-39-45(30-34-65(53)75-63)73-61-26-11-5-20-55(61)69-67(73)41-14-13-15-42(36-41)68-70-56-21-6-12-27-62(56)74(68)46-31-35-66-54(40-46)52-38-44(29-33-64(52)76-66)72-59-24-9-3-18-49(59)50-19-4-10-25-60(50)72/h1-40H. The summed E-state index contributed by atoms with van der Waals surface area (Å²) in [7, 11) is 0. The van der Waals surface area contributed by atoms with Gasteiger partial charge in [0, 0.05) is 77.0 Å². The molecule has 0 N–H and O–H groups in total. The van der Waals surface area contributed by atoms with Crippen molar-refractivity contribution in [1.82, 2.24) is 28.2 Å². The summed E-state index contributed by atoms with van der Waals surface area (Å²) < 4.78 is 22.4. The number of benzene rings is 11. The molecule has 0 aliphatic rings. The van der Waals surface area contributed by atoms with Gasteiger partial charge in [-0.15, -0.1) is 0 Å². The van der Waals surface area contributed by atoms with E-state index in [-0.39, 0.29) is 0 Å². The summed E-state index contributed by atoms with van der Waals surface area (Å²) in [5, 5.41) is 9.09. The van der Waals surface area contributed by atoms with E-state index in [0.29, 0.717) is 0 Å². The van der Waals surface area contributed by atoms with Crippen molar-refractivity contribution < 1.29 is 8.83 Å². The van der Waals surface area contributed by atoms with E-state index in [1.807, 2.05) is 0 Å². The maximum absolute atomic E-state index is 6.55. The number of imidazole rings is 2. The molecule has 6 heterocycles. The van der Waals surface area contributed by atoms with E-state index in [0.717, 1.165) is 111 Å². The van der Waals surface area contributed by atoms with E-state index in [9.17, 15) is 0 Å². The Kier molecular flexibility index (Phi) is 8.40. The number of hydrogen-bond acceptors (Lipinski definition) is 4. The van der Waals surface area contributed by atoms with Crippen LogP contribution in [0.1, 0.15) is 0 Å². The van der Waals surface area contributed by atoms with Crippen LogP contribution in [0.25, 0.3) is 155 Å². The van der Waals surface area contributed by atoms with Gasteiger partial charge in [-0.05, 0) is 127 Å². The molecule has 0 atom stereocenters. The van der Waals surface area contributed by atoms with Crippen LogP contribution < -0.4 is 0 Å². The van der Waals surface area contributed by atoms with Crippen LogP contribution in [0, 0.1) is 0 Å².